The summed E-state index contributed by atoms with van der Waals surface area (Å²) in [4.78, 5) is 11.7. The van der Waals surface area contributed by atoms with E-state index in [1.165, 1.54) is 36.4 Å². The van der Waals surface area contributed by atoms with Gasteiger partial charge in [0, 0.05) is 10.2 Å². The van der Waals surface area contributed by atoms with Crippen LogP contribution >= 0.6 is 15.9 Å². The molecule has 1 N–H and O–H groups in total. The Balaban J connectivity index is 2.16. The Morgan fingerprint density at radius 2 is 1.68 bits per heavy atom. The topological polar surface area (TPSA) is 72.5 Å². The van der Waals surface area contributed by atoms with Crippen molar-refractivity contribution in [3.8, 4) is 0 Å². The molecule has 5 nitrogen and oxygen atoms in total. The summed E-state index contributed by atoms with van der Waals surface area (Å²) in [5, 5.41) is 0. The molecule has 116 valence electrons. The molecule has 2 aromatic rings. The Kier molecular flexibility index (Phi) is 5.20. The van der Waals surface area contributed by atoms with E-state index in [0.717, 1.165) is 4.47 Å². The van der Waals surface area contributed by atoms with Crippen LogP contribution in [0.5, 0.6) is 0 Å². The van der Waals surface area contributed by atoms with Gasteiger partial charge in [0.2, 0.25) is 0 Å². The van der Waals surface area contributed by atoms with Crippen LogP contribution in [0.15, 0.2) is 57.9 Å². The minimum absolute atomic E-state index is 0.158. The van der Waals surface area contributed by atoms with E-state index in [1.807, 2.05) is 0 Å². The molecule has 2 rings (SSSR count). The van der Waals surface area contributed by atoms with Crippen LogP contribution in [-0.2, 0) is 14.8 Å². The van der Waals surface area contributed by atoms with E-state index < -0.39 is 16.0 Å². The van der Waals surface area contributed by atoms with Crippen molar-refractivity contribution < 1.29 is 17.9 Å². The van der Waals surface area contributed by atoms with Gasteiger partial charge in [-0.2, -0.15) is 0 Å². The third kappa shape index (κ3) is 4.08. The van der Waals surface area contributed by atoms with Crippen LogP contribution in [0, 0.1) is 0 Å². The standard InChI is InChI=1S/C15H14BrNO4S/c1-2-21-15(18)11-3-7-13(8-4-11)17-22(19,20)14-9-5-12(16)6-10-14/h3-10,17H,2H2,1H3. The molecular formula is C15H14BrNO4S. The molecule has 0 aliphatic carbocycles. The van der Waals surface area contributed by atoms with Gasteiger partial charge in [0.1, 0.15) is 0 Å². The molecule has 0 heterocycles. The summed E-state index contributed by atoms with van der Waals surface area (Å²) in [7, 11) is -3.66. The third-order valence-electron chi connectivity index (χ3n) is 2.77. The molecule has 2 aromatic carbocycles. The molecule has 0 amide bonds. The zero-order chi connectivity index (χ0) is 16.2. The fraction of sp³-hybridized carbons (Fsp3) is 0.133. The van der Waals surface area contributed by atoms with Crippen molar-refractivity contribution in [3.05, 3.63) is 58.6 Å². The Labute approximate surface area is 137 Å². The van der Waals surface area contributed by atoms with Crippen molar-refractivity contribution in [2.75, 3.05) is 11.3 Å². The Morgan fingerprint density at radius 1 is 1.09 bits per heavy atom. The Morgan fingerprint density at radius 3 is 2.23 bits per heavy atom. The second-order valence-corrected chi connectivity index (χ2v) is 6.96. The van der Waals surface area contributed by atoms with E-state index in [2.05, 4.69) is 20.7 Å². The van der Waals surface area contributed by atoms with Crippen molar-refractivity contribution in [2.24, 2.45) is 0 Å². The number of benzene rings is 2. The van der Waals surface area contributed by atoms with Gasteiger partial charge in [-0.15, -0.1) is 0 Å². The first-order valence-electron chi connectivity index (χ1n) is 6.48. The van der Waals surface area contributed by atoms with Gasteiger partial charge < -0.3 is 4.74 Å². The molecule has 0 radical (unpaired) electrons. The Hall–Kier alpha value is -1.86. The second-order valence-electron chi connectivity index (χ2n) is 4.36. The van der Waals surface area contributed by atoms with Crippen molar-refractivity contribution in [3.63, 3.8) is 0 Å². The monoisotopic (exact) mass is 383 g/mol. The van der Waals surface area contributed by atoms with E-state index in [0.29, 0.717) is 11.3 Å². The van der Waals surface area contributed by atoms with Gasteiger partial charge in [-0.25, -0.2) is 13.2 Å². The molecule has 0 aliphatic heterocycles. The van der Waals surface area contributed by atoms with Crippen LogP contribution in [-0.4, -0.2) is 21.0 Å². The number of ether oxygens (including phenoxy) is 1. The van der Waals surface area contributed by atoms with Gasteiger partial charge in [0.25, 0.3) is 10.0 Å². The number of nitrogens with one attached hydrogen (secondary N) is 1. The van der Waals surface area contributed by atoms with Gasteiger partial charge in [-0.05, 0) is 55.5 Å². The highest BCUT2D eigenvalue weighted by Crippen LogP contribution is 2.19. The lowest BCUT2D eigenvalue weighted by molar-refractivity contribution is 0.0526. The van der Waals surface area contributed by atoms with Crippen LogP contribution in [0.2, 0.25) is 0 Å². The maximum Gasteiger partial charge on any atom is 0.338 e. The molecule has 0 saturated heterocycles. The fourth-order valence-electron chi connectivity index (χ4n) is 1.72. The zero-order valence-corrected chi connectivity index (χ0v) is 14.1. The number of hydrogen-bond acceptors (Lipinski definition) is 4. The summed E-state index contributed by atoms with van der Waals surface area (Å²) < 4.78 is 32.6. The molecular weight excluding hydrogens is 370 g/mol. The normalized spacial score (nSPS) is 11.0. The summed E-state index contributed by atoms with van der Waals surface area (Å²) in [5.74, 6) is -0.440. The first-order valence-corrected chi connectivity index (χ1v) is 8.75. The smallest absolute Gasteiger partial charge is 0.338 e. The lowest BCUT2D eigenvalue weighted by atomic mass is 10.2. The van der Waals surface area contributed by atoms with Crippen LogP contribution in [0.3, 0.4) is 0 Å². The number of anilines is 1. The molecule has 0 unspecified atom stereocenters. The van der Waals surface area contributed by atoms with Crippen molar-refractivity contribution in [1.82, 2.24) is 0 Å². The third-order valence-corrected chi connectivity index (χ3v) is 4.70. The minimum atomic E-state index is -3.66. The minimum Gasteiger partial charge on any atom is -0.462 e. The van der Waals surface area contributed by atoms with Gasteiger partial charge in [0.05, 0.1) is 17.1 Å². The average molecular weight is 384 g/mol. The number of esters is 1. The van der Waals surface area contributed by atoms with Crippen LogP contribution in [0.1, 0.15) is 17.3 Å². The largest absolute Gasteiger partial charge is 0.462 e. The van der Waals surface area contributed by atoms with Crippen LogP contribution in [0.4, 0.5) is 5.69 Å². The van der Waals surface area contributed by atoms with Crippen LogP contribution < -0.4 is 4.72 Å². The highest BCUT2D eigenvalue weighted by molar-refractivity contribution is 9.10. The first-order chi connectivity index (χ1) is 10.4. The highest BCUT2D eigenvalue weighted by Gasteiger charge is 2.14. The summed E-state index contributed by atoms with van der Waals surface area (Å²) in [5.41, 5.74) is 0.740. The summed E-state index contributed by atoms with van der Waals surface area (Å²) in [6.07, 6.45) is 0. The van der Waals surface area contributed by atoms with Gasteiger partial charge in [-0.3, -0.25) is 4.72 Å². The van der Waals surface area contributed by atoms with Gasteiger partial charge in [-0.1, -0.05) is 15.9 Å². The van der Waals surface area contributed by atoms with Crippen molar-refractivity contribution in [1.29, 1.82) is 0 Å². The quantitative estimate of drug-likeness (QED) is 0.802. The van der Waals surface area contributed by atoms with Crippen LogP contribution in [0.25, 0.3) is 0 Å². The molecule has 0 spiro atoms. The molecule has 0 fully saturated rings. The van der Waals surface area contributed by atoms with Gasteiger partial charge >= 0.3 is 5.97 Å². The average Bonchev–Trinajstić information content (AvgIpc) is 2.48. The lowest BCUT2D eigenvalue weighted by Gasteiger charge is -2.09. The fourth-order valence-corrected chi connectivity index (χ4v) is 3.04. The van der Waals surface area contributed by atoms with Crippen molar-refractivity contribution in [2.45, 2.75) is 11.8 Å². The molecule has 0 saturated carbocycles. The van der Waals surface area contributed by atoms with E-state index in [-0.39, 0.29) is 11.5 Å². The zero-order valence-electron chi connectivity index (χ0n) is 11.7. The Bertz CT molecular complexity index is 755. The van der Waals surface area contributed by atoms with E-state index in [1.54, 1.807) is 19.1 Å². The summed E-state index contributed by atoms with van der Waals surface area (Å²) >= 11 is 3.25. The van der Waals surface area contributed by atoms with E-state index >= 15 is 0 Å². The number of carbonyl (C=O) groups excluding carboxylic acids is 1. The maximum atomic E-state index is 12.2. The lowest BCUT2D eigenvalue weighted by Crippen LogP contribution is -2.13. The molecule has 0 aromatic heterocycles. The number of rotatable bonds is 5. The molecule has 7 heteroatoms. The summed E-state index contributed by atoms with van der Waals surface area (Å²) in [6.45, 7) is 2.01. The first kappa shape index (κ1) is 16.5. The number of sulfonamides is 1. The van der Waals surface area contributed by atoms with E-state index in [9.17, 15) is 13.2 Å². The highest BCUT2D eigenvalue weighted by atomic mass is 79.9. The second kappa shape index (κ2) is 6.93. The number of carbonyl (C=O) groups is 1. The summed E-state index contributed by atoms with van der Waals surface area (Å²) in [6, 6.07) is 12.4. The SMILES string of the molecule is CCOC(=O)c1ccc(NS(=O)(=O)c2ccc(Br)cc2)cc1. The molecule has 0 aliphatic rings. The number of halogens is 1. The number of hydrogen-bond donors (Lipinski definition) is 1. The molecule has 0 bridgehead atoms. The van der Waals surface area contributed by atoms with Crippen molar-refractivity contribution >= 4 is 37.6 Å². The van der Waals surface area contributed by atoms with Gasteiger partial charge in [0.15, 0.2) is 0 Å². The molecule has 0 atom stereocenters. The predicted molar refractivity (Wildman–Crippen MR) is 87.3 cm³/mol. The van der Waals surface area contributed by atoms with E-state index in [4.69, 9.17) is 4.74 Å². The predicted octanol–water partition coefficient (Wildman–Crippen LogP) is 3.43. The maximum absolute atomic E-state index is 12.2. The molecule has 22 heavy (non-hydrogen) atoms.